The van der Waals surface area contributed by atoms with Crippen LogP contribution in [0.5, 0.6) is 17.4 Å². The fourth-order valence-electron chi connectivity index (χ4n) is 8.18. The van der Waals surface area contributed by atoms with Crippen LogP contribution < -0.4 is 25.4 Å². The van der Waals surface area contributed by atoms with E-state index in [4.69, 9.17) is 22.1 Å². The van der Waals surface area contributed by atoms with Crippen LogP contribution in [0.15, 0.2) is 54.7 Å². The van der Waals surface area contributed by atoms with E-state index in [2.05, 4.69) is 36.9 Å². The second kappa shape index (κ2) is 16.3. The Bertz CT molecular complexity index is 2390. The lowest BCUT2D eigenvalue weighted by molar-refractivity contribution is -0.139. The van der Waals surface area contributed by atoms with Gasteiger partial charge in [0.05, 0.1) is 35.3 Å². The number of methoxy groups -OCH3 is 1. The topological polar surface area (TPSA) is 158 Å². The average Bonchev–Trinajstić information content (AvgIpc) is 3.70. The predicted octanol–water partition coefficient (Wildman–Crippen LogP) is 5.71. The van der Waals surface area contributed by atoms with Crippen LogP contribution in [0.2, 0.25) is 0 Å². The number of alkyl halides is 3. The number of carbonyl (C=O) groups excluding carboxylic acids is 4. The van der Waals surface area contributed by atoms with Crippen molar-refractivity contribution in [2.75, 3.05) is 32.6 Å². The number of amides is 4. The van der Waals surface area contributed by atoms with Crippen LogP contribution in [0, 0.1) is 5.82 Å². The van der Waals surface area contributed by atoms with Gasteiger partial charge in [0.25, 0.3) is 11.8 Å². The molecular weight excluding hydrogens is 809 g/mol. The van der Waals surface area contributed by atoms with Crippen molar-refractivity contribution in [1.82, 2.24) is 35.3 Å². The molecule has 3 N–H and O–H groups in total. The van der Waals surface area contributed by atoms with Gasteiger partial charge in [-0.25, -0.2) is 9.37 Å². The number of ether oxygens (including phenoxy) is 2. The summed E-state index contributed by atoms with van der Waals surface area (Å²) in [6.07, 6.45) is -2.48. The Morgan fingerprint density at radius 2 is 1.80 bits per heavy atom. The summed E-state index contributed by atoms with van der Waals surface area (Å²) in [5.41, 5.74) is 2.29. The van der Waals surface area contributed by atoms with Gasteiger partial charge in [-0.2, -0.15) is 30.8 Å². The van der Waals surface area contributed by atoms with E-state index in [9.17, 15) is 32.3 Å². The van der Waals surface area contributed by atoms with E-state index in [0.29, 0.717) is 57.2 Å². The van der Waals surface area contributed by atoms with Gasteiger partial charge in [-0.05, 0) is 53.6 Å². The molecule has 0 radical (unpaired) electrons. The molecule has 4 aromatic rings. The van der Waals surface area contributed by atoms with Gasteiger partial charge in [-0.3, -0.25) is 34.3 Å². The molecule has 4 aliphatic rings. The molecule has 60 heavy (non-hydrogen) atoms. The summed E-state index contributed by atoms with van der Waals surface area (Å²) in [7, 11) is 2.84. The summed E-state index contributed by atoms with van der Waals surface area (Å²) in [6.45, 7) is 2.76. The Morgan fingerprint density at radius 1 is 1.03 bits per heavy atom. The van der Waals surface area contributed by atoms with E-state index < -0.39 is 47.2 Å². The number of rotatable bonds is 10. The molecular formula is C41H40F4N8O6S. The van der Waals surface area contributed by atoms with E-state index >= 15 is 4.39 Å². The molecule has 4 aliphatic heterocycles. The number of anilines is 2. The maximum absolute atomic E-state index is 15.6. The number of thiol groups is 1. The molecule has 2 atom stereocenters. The second-order valence-corrected chi connectivity index (χ2v) is 15.6. The van der Waals surface area contributed by atoms with Crippen LogP contribution in [-0.4, -0.2) is 87.6 Å². The van der Waals surface area contributed by atoms with Crippen LogP contribution in [0.1, 0.15) is 79.6 Å². The summed E-state index contributed by atoms with van der Waals surface area (Å²) in [5, 5.41) is 7.74. The first-order valence-corrected chi connectivity index (χ1v) is 19.8. The molecule has 2 unspecified atom stereocenters. The van der Waals surface area contributed by atoms with E-state index in [1.807, 2.05) is 17.0 Å². The number of nitrogens with one attached hydrogen (secondary N) is 3. The average molecular weight is 849 g/mol. The molecule has 314 valence electrons. The van der Waals surface area contributed by atoms with Crippen molar-refractivity contribution < 1.29 is 46.2 Å². The molecule has 2 saturated heterocycles. The molecule has 8 rings (SSSR count). The number of benzene rings is 3. The molecule has 2 fully saturated rings. The molecule has 0 spiro atoms. The number of likely N-dealkylation sites (tertiary alicyclic amines) is 1. The Balaban J connectivity index is 0.911. The summed E-state index contributed by atoms with van der Waals surface area (Å²) in [5.74, 6) is -3.98. The zero-order valence-corrected chi connectivity index (χ0v) is 33.3. The van der Waals surface area contributed by atoms with E-state index in [1.54, 1.807) is 19.2 Å². The zero-order valence-electron chi connectivity index (χ0n) is 32.4. The summed E-state index contributed by atoms with van der Waals surface area (Å²) >= 11 is 4.83. The van der Waals surface area contributed by atoms with Crippen LogP contribution >= 0.6 is 12.6 Å². The molecule has 14 nitrogen and oxygen atoms in total. The number of fused-ring (bicyclic) bond motifs is 2. The van der Waals surface area contributed by atoms with Crippen molar-refractivity contribution in [3.63, 3.8) is 0 Å². The third-order valence-electron chi connectivity index (χ3n) is 11.3. The number of nitrogens with zero attached hydrogens (tertiary/aromatic N) is 5. The van der Waals surface area contributed by atoms with Gasteiger partial charge in [-0.15, -0.1) is 0 Å². The van der Waals surface area contributed by atoms with Gasteiger partial charge in [0.2, 0.25) is 23.6 Å². The van der Waals surface area contributed by atoms with Gasteiger partial charge in [0.15, 0.2) is 0 Å². The predicted molar refractivity (Wildman–Crippen MR) is 211 cm³/mol. The fourth-order valence-corrected chi connectivity index (χ4v) is 8.66. The maximum Gasteiger partial charge on any atom is 0.423 e. The largest absolute Gasteiger partial charge is 0.495 e. The Morgan fingerprint density at radius 3 is 2.53 bits per heavy atom. The lowest BCUT2D eigenvalue weighted by Gasteiger charge is -2.33. The molecule has 0 aliphatic carbocycles. The second-order valence-electron chi connectivity index (χ2n) is 15.1. The minimum absolute atomic E-state index is 0.00753. The van der Waals surface area contributed by atoms with Crippen molar-refractivity contribution in [2.24, 2.45) is 0 Å². The number of aromatic nitrogens is 2. The van der Waals surface area contributed by atoms with Crippen LogP contribution in [-0.2, 0) is 35.4 Å². The first-order valence-electron chi connectivity index (χ1n) is 19.2. The Hall–Kier alpha value is -5.79. The molecule has 4 amide bonds. The van der Waals surface area contributed by atoms with Crippen LogP contribution in [0.3, 0.4) is 0 Å². The highest BCUT2D eigenvalue weighted by Gasteiger charge is 2.41. The van der Waals surface area contributed by atoms with E-state index in [-0.39, 0.29) is 64.5 Å². The number of carbonyl (C=O) groups is 4. The third kappa shape index (κ3) is 8.08. The van der Waals surface area contributed by atoms with Crippen LogP contribution in [0.25, 0.3) is 0 Å². The fraction of sp³-hybridized carbons (Fsp3) is 0.366. The van der Waals surface area contributed by atoms with Crippen molar-refractivity contribution in [3.8, 4) is 17.4 Å². The summed E-state index contributed by atoms with van der Waals surface area (Å²) in [6, 6.07) is 12.1. The van der Waals surface area contributed by atoms with Gasteiger partial charge in [0.1, 0.15) is 22.9 Å². The number of hydrogen-bond donors (Lipinski definition) is 4. The Kier molecular flexibility index (Phi) is 11.2. The molecule has 5 heterocycles. The number of imide groups is 1. The maximum atomic E-state index is 15.6. The van der Waals surface area contributed by atoms with Gasteiger partial charge < -0.3 is 25.0 Å². The number of hydrogen-bond acceptors (Lipinski definition) is 12. The monoisotopic (exact) mass is 848 g/mol. The molecule has 0 bridgehead atoms. The number of piperidine rings is 2. The SMILES string of the molecule is COc1cc(C(=O)NC2CCN(Cc3cccc4c3CN(C3CCC(=O)NC3=O)C4S)CC2)c(F)cc1Nc1ncc(C(F)(F)F)c(Oc2cccc3c2C(=O)N(C)C3)n1. The first kappa shape index (κ1) is 41.0. The Labute approximate surface area is 347 Å². The minimum Gasteiger partial charge on any atom is -0.495 e. The summed E-state index contributed by atoms with van der Waals surface area (Å²) < 4.78 is 68.8. The normalized spacial score (nSPS) is 19.9. The zero-order chi connectivity index (χ0) is 42.5. The van der Waals surface area contributed by atoms with Gasteiger partial charge in [-0.1, -0.05) is 30.3 Å². The smallest absolute Gasteiger partial charge is 0.423 e. The minimum atomic E-state index is -4.91. The van der Waals surface area contributed by atoms with Gasteiger partial charge in [0, 0.05) is 64.5 Å². The quantitative estimate of drug-likeness (QED) is 0.0881. The summed E-state index contributed by atoms with van der Waals surface area (Å²) in [4.78, 5) is 63.9. The molecule has 0 saturated carbocycles. The third-order valence-corrected chi connectivity index (χ3v) is 11.9. The first-order chi connectivity index (χ1) is 28.7. The van der Waals surface area contributed by atoms with Crippen molar-refractivity contribution in [3.05, 3.63) is 99.5 Å². The van der Waals surface area contributed by atoms with Crippen molar-refractivity contribution in [2.45, 2.75) is 69.0 Å². The highest BCUT2D eigenvalue weighted by Crippen LogP contribution is 2.42. The standard InChI is InChI=1S/C41H40F4N8O6S/c1-51-18-22-6-4-8-31(34(22)38(51)57)59-37-27(41(43,44)45)17-46-40(50-37)48-29-16-28(42)25(15-32(29)58-2)35(55)47-23-11-13-52(14-12-23)19-21-5-3-7-24-26(21)20-53(39(24)60)30-9-10-33(54)49-36(30)56/h3-8,15-17,23,30,39,60H,9-14,18-20H2,1-2H3,(H,47,55)(H,46,48,50)(H,49,54,56). The number of halogens is 4. The molecule has 3 aromatic carbocycles. The van der Waals surface area contributed by atoms with Crippen molar-refractivity contribution in [1.29, 1.82) is 0 Å². The van der Waals surface area contributed by atoms with E-state index in [0.717, 1.165) is 22.8 Å². The molecule has 1 aromatic heterocycles. The highest BCUT2D eigenvalue weighted by molar-refractivity contribution is 7.80. The highest BCUT2D eigenvalue weighted by atomic mass is 32.1. The van der Waals surface area contributed by atoms with E-state index in [1.165, 1.54) is 24.1 Å². The lowest BCUT2D eigenvalue weighted by Crippen LogP contribution is -2.51. The van der Waals surface area contributed by atoms with Crippen LogP contribution in [0.4, 0.5) is 29.2 Å². The lowest BCUT2D eigenvalue weighted by atomic mass is 10.00. The molecule has 19 heteroatoms. The van der Waals surface area contributed by atoms with Gasteiger partial charge >= 0.3 is 6.18 Å². The van der Waals surface area contributed by atoms with Crippen molar-refractivity contribution >= 4 is 47.9 Å².